The van der Waals surface area contributed by atoms with Crippen LogP contribution in [0.5, 0.6) is 5.75 Å². The zero-order valence-corrected chi connectivity index (χ0v) is 23.5. The number of carboxylic acid groups (broad SMARTS) is 1. The van der Waals surface area contributed by atoms with Gasteiger partial charge in [-0.15, -0.1) is 0 Å². The van der Waals surface area contributed by atoms with Crippen molar-refractivity contribution in [3.63, 3.8) is 0 Å². The van der Waals surface area contributed by atoms with E-state index in [4.69, 9.17) is 5.11 Å². The summed E-state index contributed by atoms with van der Waals surface area (Å²) in [6.45, 7) is 4.59. The van der Waals surface area contributed by atoms with Crippen LogP contribution in [0, 0.1) is 0 Å². The fourth-order valence-corrected chi connectivity index (χ4v) is 4.86. The third kappa shape index (κ3) is 15.3. The summed E-state index contributed by atoms with van der Waals surface area (Å²) in [6, 6.07) is 3.82. The van der Waals surface area contributed by atoms with Crippen molar-refractivity contribution >= 4 is 11.8 Å². The highest BCUT2D eigenvalue weighted by molar-refractivity contribution is 5.99. The van der Waals surface area contributed by atoms with E-state index in [0.717, 1.165) is 30.3 Å². The lowest BCUT2D eigenvalue weighted by Crippen LogP contribution is -2.41. The molecule has 0 heterocycles. The molecule has 0 saturated heterocycles. The van der Waals surface area contributed by atoms with Gasteiger partial charge in [0.05, 0.1) is 32.7 Å². The largest absolute Gasteiger partial charge is 0.872 e. The zero-order valence-electron chi connectivity index (χ0n) is 23.5. The van der Waals surface area contributed by atoms with Crippen molar-refractivity contribution in [1.82, 2.24) is 0 Å². The van der Waals surface area contributed by atoms with Crippen molar-refractivity contribution in [3.05, 3.63) is 29.3 Å². The molecule has 36 heavy (non-hydrogen) atoms. The molecule has 1 N–H and O–H groups in total. The van der Waals surface area contributed by atoms with Crippen LogP contribution in [0.2, 0.25) is 0 Å². The first-order chi connectivity index (χ1) is 17.3. The first kappa shape index (κ1) is 32.1. The Morgan fingerprint density at radius 3 is 1.64 bits per heavy atom. The van der Waals surface area contributed by atoms with Crippen LogP contribution in [-0.2, 0) is 0 Å². The molecule has 1 aromatic rings. The van der Waals surface area contributed by atoms with E-state index in [1.165, 1.54) is 115 Å². The zero-order chi connectivity index (χ0) is 26.7. The van der Waals surface area contributed by atoms with E-state index in [1.807, 2.05) is 0 Å². The van der Waals surface area contributed by atoms with Gasteiger partial charge < -0.3 is 14.7 Å². The van der Waals surface area contributed by atoms with Gasteiger partial charge in [-0.3, -0.25) is 4.79 Å². The molecule has 206 valence electrons. The summed E-state index contributed by atoms with van der Waals surface area (Å²) >= 11 is 0. The first-order valence-corrected chi connectivity index (χ1v) is 14.7. The number of benzene rings is 1. The first-order valence-electron chi connectivity index (χ1n) is 14.7. The normalized spacial score (nSPS) is 11.6. The van der Waals surface area contributed by atoms with Gasteiger partial charge in [0, 0.05) is 12.0 Å². The minimum absolute atomic E-state index is 0.0892. The van der Waals surface area contributed by atoms with Crippen molar-refractivity contribution in [3.8, 4) is 5.75 Å². The van der Waals surface area contributed by atoms with Crippen molar-refractivity contribution in [2.75, 3.05) is 27.2 Å². The van der Waals surface area contributed by atoms with E-state index < -0.39 is 11.7 Å². The summed E-state index contributed by atoms with van der Waals surface area (Å²) in [5, 5.41) is 20.6. The number of carboxylic acids is 1. The van der Waals surface area contributed by atoms with Gasteiger partial charge in [0.1, 0.15) is 0 Å². The number of nitrogens with zero attached hydrogens (tertiary/aromatic N) is 1. The van der Waals surface area contributed by atoms with Crippen LogP contribution in [0.25, 0.3) is 0 Å². The number of unbranched alkanes of at least 4 members (excludes halogenated alkanes) is 15. The quantitative estimate of drug-likeness (QED) is 0.0940. The number of ketones is 1. The van der Waals surface area contributed by atoms with Crippen LogP contribution in [0.3, 0.4) is 0 Å². The number of quaternary nitrogens is 1. The molecule has 0 aromatic heterocycles. The Balaban J connectivity index is 2.01. The molecule has 0 aliphatic carbocycles. The molecule has 0 aliphatic heterocycles. The third-order valence-electron chi connectivity index (χ3n) is 7.32. The number of rotatable bonds is 23. The average Bonchev–Trinajstić information content (AvgIpc) is 2.84. The minimum Gasteiger partial charge on any atom is -0.872 e. The highest BCUT2D eigenvalue weighted by Gasteiger charge is 2.14. The highest BCUT2D eigenvalue weighted by Crippen LogP contribution is 2.18. The summed E-state index contributed by atoms with van der Waals surface area (Å²) in [5.74, 6) is -1.93. The maximum Gasteiger partial charge on any atom is 0.335 e. The van der Waals surface area contributed by atoms with E-state index in [1.54, 1.807) is 0 Å². The van der Waals surface area contributed by atoms with E-state index in [-0.39, 0.29) is 11.3 Å². The maximum absolute atomic E-state index is 12.4. The predicted molar refractivity (Wildman–Crippen MR) is 148 cm³/mol. The van der Waals surface area contributed by atoms with Crippen LogP contribution in [-0.4, -0.2) is 48.5 Å². The molecule has 0 aliphatic rings. The summed E-state index contributed by atoms with van der Waals surface area (Å²) in [6.07, 6.45) is 22.7. The second kappa shape index (κ2) is 19.3. The van der Waals surface area contributed by atoms with Crippen LogP contribution in [0.4, 0.5) is 0 Å². The van der Waals surface area contributed by atoms with Gasteiger partial charge in [-0.2, -0.15) is 0 Å². The molecule has 5 heteroatoms. The van der Waals surface area contributed by atoms with E-state index in [0.29, 0.717) is 12.0 Å². The van der Waals surface area contributed by atoms with Gasteiger partial charge in [0.2, 0.25) is 0 Å². The second-order valence-corrected chi connectivity index (χ2v) is 11.2. The number of hydrogen-bond donors (Lipinski definition) is 1. The predicted octanol–water partition coefficient (Wildman–Crippen LogP) is 7.76. The third-order valence-corrected chi connectivity index (χ3v) is 7.32. The van der Waals surface area contributed by atoms with Crippen LogP contribution < -0.4 is 5.11 Å². The van der Waals surface area contributed by atoms with Gasteiger partial charge in [0.15, 0.2) is 5.78 Å². The minimum atomic E-state index is -1.28. The standard InChI is InChI=1S/C31H53NO4/c1-4-5-6-7-8-9-10-11-12-13-14-15-16-19-24-32(2,3)25-20-17-18-21-29(33)27-22-23-30(34)28(26-27)31(35)36/h22-23,26H,4-21,24-25H2,1-3H3,(H-,33,34,35,36). The average molecular weight is 504 g/mol. The molecular weight excluding hydrogens is 450 g/mol. The summed E-state index contributed by atoms with van der Waals surface area (Å²) in [7, 11) is 4.59. The van der Waals surface area contributed by atoms with Gasteiger partial charge >= 0.3 is 5.97 Å². The van der Waals surface area contributed by atoms with E-state index >= 15 is 0 Å². The molecule has 0 bridgehead atoms. The molecule has 0 radical (unpaired) electrons. The number of carbonyl (C=O) groups is 2. The smallest absolute Gasteiger partial charge is 0.335 e. The molecule has 1 aromatic carbocycles. The van der Waals surface area contributed by atoms with Crippen molar-refractivity contribution in [1.29, 1.82) is 0 Å². The molecule has 0 saturated carbocycles. The van der Waals surface area contributed by atoms with Crippen molar-refractivity contribution in [2.45, 2.75) is 122 Å². The Hall–Kier alpha value is -1.88. The van der Waals surface area contributed by atoms with Gasteiger partial charge in [-0.05, 0) is 38.2 Å². The molecule has 0 unspecified atom stereocenters. The number of hydrogen-bond acceptors (Lipinski definition) is 3. The van der Waals surface area contributed by atoms with E-state index in [9.17, 15) is 14.7 Å². The van der Waals surface area contributed by atoms with Gasteiger partial charge in [-0.1, -0.05) is 102 Å². The van der Waals surface area contributed by atoms with Gasteiger partial charge in [0.25, 0.3) is 0 Å². The summed E-state index contributed by atoms with van der Waals surface area (Å²) < 4.78 is 1.03. The number of carbonyl (C=O) groups excluding carboxylic acids is 1. The Kier molecular flexibility index (Phi) is 17.2. The SMILES string of the molecule is CCCCCCCCCCCCCCCC[N+](C)(C)CCCCCC(=O)c1ccc([O-])c(C(=O)O)c1. The van der Waals surface area contributed by atoms with Crippen LogP contribution in [0.1, 0.15) is 143 Å². The summed E-state index contributed by atoms with van der Waals surface area (Å²) in [5.41, 5.74) is -0.00990. The Morgan fingerprint density at radius 1 is 0.722 bits per heavy atom. The molecule has 0 fully saturated rings. The topological polar surface area (TPSA) is 77.4 Å². The molecule has 5 nitrogen and oxygen atoms in total. The van der Waals surface area contributed by atoms with Crippen molar-refractivity contribution in [2.24, 2.45) is 0 Å². The lowest BCUT2D eigenvalue weighted by atomic mass is 10.0. The lowest BCUT2D eigenvalue weighted by molar-refractivity contribution is -0.890. The fraction of sp³-hybridized carbons (Fsp3) is 0.742. The van der Waals surface area contributed by atoms with Crippen molar-refractivity contribution < 1.29 is 24.3 Å². The fourth-order valence-electron chi connectivity index (χ4n) is 4.86. The number of aromatic carboxylic acids is 1. The maximum atomic E-state index is 12.4. The molecule has 0 amide bonds. The van der Waals surface area contributed by atoms with Gasteiger partial charge in [-0.25, -0.2) is 4.79 Å². The Morgan fingerprint density at radius 2 is 1.17 bits per heavy atom. The molecule has 0 atom stereocenters. The number of Topliss-reactive ketones (excluding diaryl/α,β-unsaturated/α-hetero) is 1. The second-order valence-electron chi connectivity index (χ2n) is 11.2. The van der Waals surface area contributed by atoms with Crippen LogP contribution in [0.15, 0.2) is 18.2 Å². The summed E-state index contributed by atoms with van der Waals surface area (Å²) in [4.78, 5) is 23.4. The van der Waals surface area contributed by atoms with E-state index in [2.05, 4.69) is 21.0 Å². The van der Waals surface area contributed by atoms with Crippen LogP contribution >= 0.6 is 0 Å². The Bertz CT molecular complexity index is 744. The monoisotopic (exact) mass is 503 g/mol. The lowest BCUT2D eigenvalue weighted by Gasteiger charge is -2.30. The highest BCUT2D eigenvalue weighted by atomic mass is 16.4. The molecule has 1 rings (SSSR count). The molecule has 0 spiro atoms. The molecular formula is C31H53NO4. The Labute approximate surface area is 220 Å².